The Kier molecular flexibility index (Phi) is 9.65. The zero-order valence-corrected chi connectivity index (χ0v) is 10.6. The van der Waals surface area contributed by atoms with E-state index >= 15 is 0 Å². The third-order valence-electron chi connectivity index (χ3n) is 3.11. The number of oxime groups is 1. The zero-order chi connectivity index (χ0) is 11.5. The molecule has 0 aliphatic rings. The van der Waals surface area contributed by atoms with Crippen LogP contribution in [0.3, 0.4) is 0 Å². The lowest BCUT2D eigenvalue weighted by Gasteiger charge is -2.08. The van der Waals surface area contributed by atoms with E-state index in [4.69, 9.17) is 5.21 Å². The molecule has 0 spiro atoms. The average molecular weight is 213 g/mol. The molecule has 15 heavy (non-hydrogen) atoms. The summed E-state index contributed by atoms with van der Waals surface area (Å²) in [5, 5.41) is 11.8. The summed E-state index contributed by atoms with van der Waals surface area (Å²) in [6, 6.07) is 0. The van der Waals surface area contributed by atoms with E-state index < -0.39 is 0 Å². The van der Waals surface area contributed by atoms with Gasteiger partial charge in [-0.15, -0.1) is 0 Å². The first-order chi connectivity index (χ1) is 7.22. The molecule has 0 fully saturated rings. The van der Waals surface area contributed by atoms with Crippen LogP contribution in [0.5, 0.6) is 0 Å². The maximum atomic E-state index is 8.59. The van der Waals surface area contributed by atoms with Gasteiger partial charge in [0.15, 0.2) is 0 Å². The van der Waals surface area contributed by atoms with E-state index in [9.17, 15) is 0 Å². The fraction of sp³-hybridized carbons (Fsp3) is 0.923. The van der Waals surface area contributed by atoms with Crippen molar-refractivity contribution >= 4 is 5.71 Å². The largest absolute Gasteiger partial charge is 0.411 e. The quantitative estimate of drug-likeness (QED) is 0.258. The van der Waals surface area contributed by atoms with Crippen LogP contribution < -0.4 is 0 Å². The van der Waals surface area contributed by atoms with Crippen molar-refractivity contribution in [3.05, 3.63) is 0 Å². The van der Waals surface area contributed by atoms with Crippen molar-refractivity contribution in [3.63, 3.8) is 0 Å². The molecule has 0 aromatic rings. The van der Waals surface area contributed by atoms with Gasteiger partial charge in [-0.2, -0.15) is 0 Å². The van der Waals surface area contributed by atoms with Gasteiger partial charge in [0.2, 0.25) is 0 Å². The molecule has 0 aromatic carbocycles. The molecule has 0 amide bonds. The zero-order valence-electron chi connectivity index (χ0n) is 10.6. The van der Waals surface area contributed by atoms with E-state index in [1.54, 1.807) is 0 Å². The molecule has 1 atom stereocenters. The predicted molar refractivity (Wildman–Crippen MR) is 66.7 cm³/mol. The molecule has 0 bridgehead atoms. The van der Waals surface area contributed by atoms with Crippen LogP contribution in [0.4, 0.5) is 0 Å². The molecule has 0 aromatic heterocycles. The van der Waals surface area contributed by atoms with Crippen LogP contribution in [0.15, 0.2) is 5.16 Å². The molecule has 0 aliphatic carbocycles. The van der Waals surface area contributed by atoms with E-state index in [0.29, 0.717) is 5.92 Å². The van der Waals surface area contributed by atoms with Gasteiger partial charge in [0.25, 0.3) is 0 Å². The number of rotatable bonds is 9. The van der Waals surface area contributed by atoms with E-state index in [0.717, 1.165) is 12.1 Å². The molecule has 1 unspecified atom stereocenters. The van der Waals surface area contributed by atoms with Gasteiger partial charge in [0, 0.05) is 0 Å². The second-order valence-corrected chi connectivity index (χ2v) is 4.55. The maximum Gasteiger partial charge on any atom is 0.0568 e. The molecule has 0 aliphatic heterocycles. The molecule has 1 N–H and O–H groups in total. The van der Waals surface area contributed by atoms with E-state index in [2.05, 4.69) is 19.0 Å². The van der Waals surface area contributed by atoms with Gasteiger partial charge in [-0.25, -0.2) is 0 Å². The molecule has 2 nitrogen and oxygen atoms in total. The first kappa shape index (κ1) is 14.5. The van der Waals surface area contributed by atoms with Crippen LogP contribution >= 0.6 is 0 Å². The van der Waals surface area contributed by atoms with E-state index in [1.807, 2.05) is 6.92 Å². The van der Waals surface area contributed by atoms with Crippen LogP contribution in [0, 0.1) is 5.92 Å². The van der Waals surface area contributed by atoms with Gasteiger partial charge in [-0.3, -0.25) is 0 Å². The Hall–Kier alpha value is -0.530. The summed E-state index contributed by atoms with van der Waals surface area (Å²) in [5.74, 6) is 0.436. The number of unbranched alkanes of at least 4 members (excludes halogenated alkanes) is 6. The minimum Gasteiger partial charge on any atom is -0.411 e. The van der Waals surface area contributed by atoms with Crippen molar-refractivity contribution in [1.82, 2.24) is 0 Å². The fourth-order valence-electron chi connectivity index (χ4n) is 1.72. The van der Waals surface area contributed by atoms with Gasteiger partial charge >= 0.3 is 0 Å². The predicted octanol–water partition coefficient (Wildman–Crippen LogP) is 4.61. The highest BCUT2D eigenvalue weighted by Crippen LogP contribution is 2.13. The topological polar surface area (TPSA) is 32.6 Å². The lowest BCUT2D eigenvalue weighted by atomic mass is 9.98. The smallest absolute Gasteiger partial charge is 0.0568 e. The minimum atomic E-state index is 0.436. The number of hydrogen-bond donors (Lipinski definition) is 1. The Morgan fingerprint density at radius 1 is 1.07 bits per heavy atom. The van der Waals surface area contributed by atoms with E-state index in [-0.39, 0.29) is 0 Å². The molecular formula is C13H27NO. The molecule has 0 saturated carbocycles. The Morgan fingerprint density at radius 2 is 1.60 bits per heavy atom. The Labute approximate surface area is 94.8 Å². The SMILES string of the molecule is CCCCCCCCCC(C)C(C)=NO. The first-order valence-electron chi connectivity index (χ1n) is 6.40. The lowest BCUT2D eigenvalue weighted by molar-refractivity contribution is 0.314. The summed E-state index contributed by atoms with van der Waals surface area (Å²) in [6.07, 6.45) is 10.6. The maximum absolute atomic E-state index is 8.59. The molecule has 0 rings (SSSR count). The van der Waals surface area contributed by atoms with E-state index in [1.165, 1.54) is 44.9 Å². The summed E-state index contributed by atoms with van der Waals surface area (Å²) < 4.78 is 0. The van der Waals surface area contributed by atoms with Crippen LogP contribution in [0.25, 0.3) is 0 Å². The summed E-state index contributed by atoms with van der Waals surface area (Å²) in [5.41, 5.74) is 0.862. The third kappa shape index (κ3) is 8.46. The standard InChI is InChI=1S/C13H27NO/c1-4-5-6-7-8-9-10-11-12(2)13(3)14-15/h12,15H,4-11H2,1-3H3. The monoisotopic (exact) mass is 213 g/mol. The highest BCUT2D eigenvalue weighted by Gasteiger charge is 2.05. The number of hydrogen-bond acceptors (Lipinski definition) is 2. The minimum absolute atomic E-state index is 0.436. The van der Waals surface area contributed by atoms with Crippen molar-refractivity contribution in [2.75, 3.05) is 0 Å². The highest BCUT2D eigenvalue weighted by molar-refractivity contribution is 5.83. The Balaban J connectivity index is 3.24. The van der Waals surface area contributed by atoms with Crippen molar-refractivity contribution < 1.29 is 5.21 Å². The first-order valence-corrected chi connectivity index (χ1v) is 6.40. The molecule has 90 valence electrons. The van der Waals surface area contributed by atoms with Crippen molar-refractivity contribution in [2.24, 2.45) is 11.1 Å². The van der Waals surface area contributed by atoms with Crippen LogP contribution in [0.1, 0.15) is 72.1 Å². The fourth-order valence-corrected chi connectivity index (χ4v) is 1.72. The van der Waals surface area contributed by atoms with Crippen molar-refractivity contribution in [1.29, 1.82) is 0 Å². The van der Waals surface area contributed by atoms with Crippen LogP contribution in [0.2, 0.25) is 0 Å². The Bertz CT molecular complexity index is 166. The third-order valence-corrected chi connectivity index (χ3v) is 3.11. The molecule has 0 radical (unpaired) electrons. The lowest BCUT2D eigenvalue weighted by Crippen LogP contribution is -2.06. The second-order valence-electron chi connectivity index (χ2n) is 4.55. The summed E-state index contributed by atoms with van der Waals surface area (Å²) >= 11 is 0. The van der Waals surface area contributed by atoms with Gasteiger partial charge < -0.3 is 5.21 Å². The van der Waals surface area contributed by atoms with Crippen LogP contribution in [-0.2, 0) is 0 Å². The normalized spacial score (nSPS) is 14.2. The Morgan fingerprint density at radius 3 is 2.13 bits per heavy atom. The van der Waals surface area contributed by atoms with Crippen molar-refractivity contribution in [2.45, 2.75) is 72.1 Å². The average Bonchev–Trinajstić information content (AvgIpc) is 2.26. The van der Waals surface area contributed by atoms with Crippen molar-refractivity contribution in [3.8, 4) is 0 Å². The molecule has 0 heterocycles. The van der Waals surface area contributed by atoms with Crippen LogP contribution in [-0.4, -0.2) is 10.9 Å². The van der Waals surface area contributed by atoms with Gasteiger partial charge in [0.05, 0.1) is 5.71 Å². The number of nitrogens with zero attached hydrogens (tertiary/aromatic N) is 1. The molecular weight excluding hydrogens is 186 g/mol. The summed E-state index contributed by atoms with van der Waals surface area (Å²) in [4.78, 5) is 0. The second kappa shape index (κ2) is 10.0. The molecule has 2 heteroatoms. The summed E-state index contributed by atoms with van der Waals surface area (Å²) in [7, 11) is 0. The van der Waals surface area contributed by atoms with Gasteiger partial charge in [-0.1, -0.05) is 63.9 Å². The summed E-state index contributed by atoms with van der Waals surface area (Å²) in [6.45, 7) is 6.27. The highest BCUT2D eigenvalue weighted by atomic mass is 16.4. The van der Waals surface area contributed by atoms with Gasteiger partial charge in [-0.05, 0) is 19.3 Å². The van der Waals surface area contributed by atoms with Gasteiger partial charge in [0.1, 0.15) is 0 Å². The molecule has 0 saturated heterocycles.